The van der Waals surface area contributed by atoms with Gasteiger partial charge in [-0.05, 0) is 41.1 Å². The van der Waals surface area contributed by atoms with E-state index in [2.05, 4.69) is 20.9 Å². The lowest BCUT2D eigenvalue weighted by molar-refractivity contribution is 0.589. The first-order valence-corrected chi connectivity index (χ1v) is 8.16. The lowest BCUT2D eigenvalue weighted by atomic mass is 10.2. The van der Waals surface area contributed by atoms with Gasteiger partial charge in [0.1, 0.15) is 0 Å². The quantitative estimate of drug-likeness (QED) is 0.712. The molecule has 6 heteroatoms. The topological polar surface area (TPSA) is 52.0 Å². The second kappa shape index (κ2) is 4.71. The van der Waals surface area contributed by atoms with Crippen LogP contribution in [0.3, 0.4) is 0 Å². The van der Waals surface area contributed by atoms with Crippen molar-refractivity contribution in [1.29, 1.82) is 0 Å². The van der Waals surface area contributed by atoms with E-state index in [1.54, 1.807) is 48.9 Å². The molecule has 0 amide bonds. The van der Waals surface area contributed by atoms with Crippen molar-refractivity contribution in [3.8, 4) is 0 Å². The number of nitrogens with zero attached hydrogens (tertiary/aromatic N) is 2. The van der Waals surface area contributed by atoms with Crippen LogP contribution in [0.4, 0.5) is 0 Å². The molecule has 2 aromatic heterocycles. The second-order valence-electron chi connectivity index (χ2n) is 4.48. The molecule has 0 bridgehead atoms. The zero-order valence-corrected chi connectivity index (χ0v) is 13.0. The monoisotopic (exact) mass is 350 g/mol. The molecule has 0 aliphatic rings. The molecule has 0 saturated heterocycles. The van der Waals surface area contributed by atoms with Gasteiger partial charge in [0.05, 0.1) is 16.6 Å². The second-order valence-corrected chi connectivity index (χ2v) is 7.15. The summed E-state index contributed by atoms with van der Waals surface area (Å²) in [5.74, 6) is 0. The summed E-state index contributed by atoms with van der Waals surface area (Å²) in [7, 11) is -3.61. The molecule has 0 atom stereocenters. The van der Waals surface area contributed by atoms with Gasteiger partial charge in [-0.3, -0.25) is 4.98 Å². The lowest BCUT2D eigenvalue weighted by Gasteiger charge is -2.07. The van der Waals surface area contributed by atoms with Gasteiger partial charge in [0.2, 0.25) is 0 Å². The van der Waals surface area contributed by atoms with Crippen LogP contribution in [0.5, 0.6) is 0 Å². The van der Waals surface area contributed by atoms with Crippen molar-refractivity contribution in [2.24, 2.45) is 0 Å². The molecule has 3 aromatic rings. The van der Waals surface area contributed by atoms with E-state index in [1.807, 2.05) is 6.92 Å². The van der Waals surface area contributed by atoms with Crippen molar-refractivity contribution in [1.82, 2.24) is 8.96 Å². The Kier molecular flexibility index (Phi) is 3.14. The molecule has 3 rings (SSSR count). The third-order valence-electron chi connectivity index (χ3n) is 3.10. The summed E-state index contributed by atoms with van der Waals surface area (Å²) < 4.78 is 27.4. The van der Waals surface area contributed by atoms with Gasteiger partial charge in [-0.15, -0.1) is 0 Å². The van der Waals surface area contributed by atoms with Crippen molar-refractivity contribution >= 4 is 36.9 Å². The summed E-state index contributed by atoms with van der Waals surface area (Å²) >= 11 is 3.38. The van der Waals surface area contributed by atoms with Crippen LogP contribution in [0.15, 0.2) is 58.3 Å². The Morgan fingerprint density at radius 1 is 1.15 bits per heavy atom. The van der Waals surface area contributed by atoms with Crippen LogP contribution < -0.4 is 0 Å². The van der Waals surface area contributed by atoms with Gasteiger partial charge in [-0.2, -0.15) is 0 Å². The van der Waals surface area contributed by atoms with Crippen molar-refractivity contribution in [2.75, 3.05) is 0 Å². The number of rotatable bonds is 2. The summed E-state index contributed by atoms with van der Waals surface area (Å²) in [4.78, 5) is 4.26. The molecule has 1 aromatic carbocycles. The Bertz CT molecular complexity index is 883. The van der Waals surface area contributed by atoms with E-state index in [1.165, 1.54) is 3.97 Å². The fraction of sp³-hybridized carbons (Fsp3) is 0.0714. The molecule has 0 unspecified atom stereocenters. The summed E-state index contributed by atoms with van der Waals surface area (Å²) in [6.45, 7) is 1.92. The van der Waals surface area contributed by atoms with Crippen molar-refractivity contribution < 1.29 is 8.42 Å². The molecule has 20 heavy (non-hydrogen) atoms. The normalized spacial score (nSPS) is 11.9. The number of aromatic nitrogens is 2. The minimum Gasteiger partial charge on any atom is -0.262 e. The minimum atomic E-state index is -3.61. The highest BCUT2D eigenvalue weighted by Gasteiger charge is 2.20. The fourth-order valence-electron chi connectivity index (χ4n) is 2.03. The molecule has 0 N–H and O–H groups in total. The van der Waals surface area contributed by atoms with E-state index in [0.717, 1.165) is 15.4 Å². The largest absolute Gasteiger partial charge is 0.268 e. The predicted octanol–water partition coefficient (Wildman–Crippen LogP) is 3.34. The first-order chi connectivity index (χ1) is 9.50. The van der Waals surface area contributed by atoms with Crippen LogP contribution in [-0.4, -0.2) is 17.4 Å². The molecule has 4 nitrogen and oxygen atoms in total. The smallest absolute Gasteiger partial charge is 0.262 e. The number of hydrogen-bond donors (Lipinski definition) is 0. The SMILES string of the molecule is Cc1ccc(S(=O)(=O)n2cc(Br)c3ccncc32)cc1. The maximum absolute atomic E-state index is 12.7. The van der Waals surface area contributed by atoms with Crippen molar-refractivity contribution in [3.63, 3.8) is 0 Å². The lowest BCUT2D eigenvalue weighted by Crippen LogP contribution is -2.11. The zero-order chi connectivity index (χ0) is 14.3. The Hall–Kier alpha value is -1.66. The van der Waals surface area contributed by atoms with E-state index in [4.69, 9.17) is 0 Å². The summed E-state index contributed by atoms with van der Waals surface area (Å²) in [5, 5.41) is 0.815. The molecule has 0 aliphatic carbocycles. The molecule has 0 saturated carbocycles. The zero-order valence-electron chi connectivity index (χ0n) is 10.6. The molecule has 0 aliphatic heterocycles. The van der Waals surface area contributed by atoms with Crippen LogP contribution >= 0.6 is 15.9 Å². The van der Waals surface area contributed by atoms with Gasteiger partial charge in [0.25, 0.3) is 10.0 Å². The number of pyridine rings is 1. The summed E-state index contributed by atoms with van der Waals surface area (Å²) in [6, 6.07) is 8.57. The van der Waals surface area contributed by atoms with E-state index >= 15 is 0 Å². The number of fused-ring (bicyclic) bond motifs is 1. The standard InChI is InChI=1S/C14H11BrN2O2S/c1-10-2-4-11(5-3-10)20(18,19)17-9-13(15)12-6-7-16-8-14(12)17/h2-9H,1H3. The summed E-state index contributed by atoms with van der Waals surface area (Å²) in [5.41, 5.74) is 1.57. The molecule has 0 radical (unpaired) electrons. The predicted molar refractivity (Wildman–Crippen MR) is 81.2 cm³/mol. The maximum atomic E-state index is 12.7. The number of aryl methyl sites for hydroxylation is 1. The van der Waals surface area contributed by atoms with E-state index < -0.39 is 10.0 Å². The highest BCUT2D eigenvalue weighted by molar-refractivity contribution is 9.10. The molecule has 2 heterocycles. The minimum absolute atomic E-state index is 0.261. The average molecular weight is 351 g/mol. The van der Waals surface area contributed by atoms with Gasteiger partial charge in [-0.25, -0.2) is 12.4 Å². The Labute approximate surface area is 125 Å². The number of halogens is 1. The van der Waals surface area contributed by atoms with Gasteiger partial charge >= 0.3 is 0 Å². The fourth-order valence-corrected chi connectivity index (χ4v) is 4.06. The van der Waals surface area contributed by atoms with Crippen LogP contribution in [-0.2, 0) is 10.0 Å². The third kappa shape index (κ3) is 2.05. The van der Waals surface area contributed by atoms with Gasteiger partial charge in [0, 0.05) is 22.3 Å². The molecule has 102 valence electrons. The van der Waals surface area contributed by atoms with Crippen molar-refractivity contribution in [2.45, 2.75) is 11.8 Å². The summed E-state index contributed by atoms with van der Waals surface area (Å²) in [6.07, 6.45) is 4.74. The first kappa shape index (κ1) is 13.3. The Morgan fingerprint density at radius 2 is 1.85 bits per heavy atom. The average Bonchev–Trinajstić information content (AvgIpc) is 2.78. The number of hydrogen-bond acceptors (Lipinski definition) is 3. The highest BCUT2D eigenvalue weighted by atomic mass is 79.9. The van der Waals surface area contributed by atoms with Gasteiger partial charge in [0.15, 0.2) is 0 Å². The Morgan fingerprint density at radius 3 is 2.55 bits per heavy atom. The van der Waals surface area contributed by atoms with Crippen LogP contribution in [0.1, 0.15) is 5.56 Å². The van der Waals surface area contributed by atoms with Crippen LogP contribution in [0.25, 0.3) is 10.9 Å². The van der Waals surface area contributed by atoms with E-state index in [-0.39, 0.29) is 4.90 Å². The van der Waals surface area contributed by atoms with Crippen molar-refractivity contribution in [3.05, 3.63) is 59.0 Å². The highest BCUT2D eigenvalue weighted by Crippen LogP contribution is 2.28. The molecular formula is C14H11BrN2O2S. The van der Waals surface area contributed by atoms with Gasteiger partial charge in [-0.1, -0.05) is 17.7 Å². The van der Waals surface area contributed by atoms with Crippen LogP contribution in [0.2, 0.25) is 0 Å². The third-order valence-corrected chi connectivity index (χ3v) is 5.42. The number of benzene rings is 1. The molecule has 0 fully saturated rings. The first-order valence-electron chi connectivity index (χ1n) is 5.93. The van der Waals surface area contributed by atoms with Crippen LogP contribution in [0, 0.1) is 6.92 Å². The molecule has 0 spiro atoms. The Balaban J connectivity index is 2.27. The van der Waals surface area contributed by atoms with E-state index in [0.29, 0.717) is 5.52 Å². The molecular weight excluding hydrogens is 340 g/mol. The van der Waals surface area contributed by atoms with E-state index in [9.17, 15) is 8.42 Å². The maximum Gasteiger partial charge on any atom is 0.268 e. The van der Waals surface area contributed by atoms with Gasteiger partial charge < -0.3 is 0 Å².